The van der Waals surface area contributed by atoms with E-state index in [0.717, 1.165) is 11.3 Å². The first-order valence-corrected chi connectivity index (χ1v) is 10.6. The Balaban J connectivity index is 1.52. The van der Waals surface area contributed by atoms with Crippen LogP contribution in [0.15, 0.2) is 40.9 Å². The van der Waals surface area contributed by atoms with E-state index in [9.17, 15) is 9.59 Å². The Morgan fingerprint density at radius 2 is 2.11 bits per heavy atom. The topological polar surface area (TPSA) is 88.9 Å². The van der Waals surface area contributed by atoms with Crippen molar-refractivity contribution < 1.29 is 9.59 Å². The van der Waals surface area contributed by atoms with E-state index < -0.39 is 0 Å². The summed E-state index contributed by atoms with van der Waals surface area (Å²) in [4.78, 5) is 24.9. The average Bonchev–Trinajstić information content (AvgIpc) is 3.31. The fraction of sp³-hybridized carbons (Fsp3) is 0.222. The standard InChI is InChI=1S/C18H18ClN5O2S2/c1-11-8-12(19)5-6-13(11)21-16(25)10-28-18-23-22-15(24(18)2)9-20-17(26)14-4-3-7-27-14/h3-8H,9-10H2,1-2H3,(H,20,26)(H,21,25). The van der Waals surface area contributed by atoms with Crippen molar-refractivity contribution in [2.75, 3.05) is 11.1 Å². The van der Waals surface area contributed by atoms with Crippen molar-refractivity contribution in [3.05, 3.63) is 57.0 Å². The van der Waals surface area contributed by atoms with E-state index in [1.165, 1.54) is 23.1 Å². The van der Waals surface area contributed by atoms with Gasteiger partial charge < -0.3 is 15.2 Å². The van der Waals surface area contributed by atoms with E-state index in [4.69, 9.17) is 11.6 Å². The van der Waals surface area contributed by atoms with Crippen LogP contribution in [0.1, 0.15) is 21.1 Å². The Hall–Kier alpha value is -2.36. The molecule has 146 valence electrons. The lowest BCUT2D eigenvalue weighted by molar-refractivity contribution is -0.113. The largest absolute Gasteiger partial charge is 0.344 e. The Kier molecular flexibility index (Phi) is 6.71. The van der Waals surface area contributed by atoms with E-state index >= 15 is 0 Å². The number of rotatable bonds is 7. The van der Waals surface area contributed by atoms with E-state index in [2.05, 4.69) is 20.8 Å². The van der Waals surface area contributed by atoms with Crippen molar-refractivity contribution >= 4 is 52.2 Å². The number of halogens is 1. The molecule has 0 aliphatic rings. The second-order valence-corrected chi connectivity index (χ2v) is 8.24. The van der Waals surface area contributed by atoms with E-state index in [1.807, 2.05) is 18.4 Å². The molecule has 0 unspecified atom stereocenters. The highest BCUT2D eigenvalue weighted by molar-refractivity contribution is 7.99. The number of aromatic nitrogens is 3. The van der Waals surface area contributed by atoms with Gasteiger partial charge in [-0.05, 0) is 42.1 Å². The highest BCUT2D eigenvalue weighted by Crippen LogP contribution is 2.21. The van der Waals surface area contributed by atoms with Crippen LogP contribution in [0.25, 0.3) is 0 Å². The molecule has 3 rings (SSSR count). The first kappa shape index (κ1) is 20.4. The summed E-state index contributed by atoms with van der Waals surface area (Å²) in [7, 11) is 1.80. The molecule has 0 saturated heterocycles. The smallest absolute Gasteiger partial charge is 0.261 e. The van der Waals surface area contributed by atoms with Gasteiger partial charge in [-0.25, -0.2) is 0 Å². The summed E-state index contributed by atoms with van der Waals surface area (Å²) in [5, 5.41) is 16.9. The van der Waals surface area contributed by atoms with Crippen LogP contribution in [0.5, 0.6) is 0 Å². The van der Waals surface area contributed by atoms with Gasteiger partial charge in [-0.2, -0.15) is 0 Å². The second kappa shape index (κ2) is 9.22. The number of amides is 2. The second-order valence-electron chi connectivity index (χ2n) is 5.91. The first-order valence-electron chi connectivity index (χ1n) is 8.33. The summed E-state index contributed by atoms with van der Waals surface area (Å²) in [6, 6.07) is 8.89. The predicted octanol–water partition coefficient (Wildman–Crippen LogP) is 3.50. The molecule has 2 N–H and O–H groups in total. The van der Waals surface area contributed by atoms with Crippen molar-refractivity contribution in [1.82, 2.24) is 20.1 Å². The fourth-order valence-electron chi connectivity index (χ4n) is 2.36. The fourth-order valence-corrected chi connectivity index (χ4v) is 3.96. The third-order valence-electron chi connectivity index (χ3n) is 3.87. The molecule has 0 atom stereocenters. The highest BCUT2D eigenvalue weighted by Gasteiger charge is 2.14. The molecule has 2 heterocycles. The van der Waals surface area contributed by atoms with Crippen LogP contribution in [0.4, 0.5) is 5.69 Å². The quantitative estimate of drug-likeness (QED) is 0.554. The summed E-state index contributed by atoms with van der Waals surface area (Å²) in [5.41, 5.74) is 1.62. The molecule has 0 bridgehead atoms. The van der Waals surface area contributed by atoms with Gasteiger partial charge in [-0.15, -0.1) is 21.5 Å². The van der Waals surface area contributed by atoms with Crippen molar-refractivity contribution in [3.8, 4) is 0 Å². The van der Waals surface area contributed by atoms with Crippen LogP contribution in [0.2, 0.25) is 5.02 Å². The van der Waals surface area contributed by atoms with Gasteiger partial charge in [0.25, 0.3) is 5.91 Å². The molecule has 0 aliphatic heterocycles. The number of thiophene rings is 1. The van der Waals surface area contributed by atoms with Gasteiger partial charge in [0.15, 0.2) is 11.0 Å². The monoisotopic (exact) mass is 435 g/mol. The maximum Gasteiger partial charge on any atom is 0.261 e. The molecule has 3 aromatic rings. The highest BCUT2D eigenvalue weighted by atomic mass is 35.5. The number of thioether (sulfide) groups is 1. The van der Waals surface area contributed by atoms with Crippen LogP contribution < -0.4 is 10.6 Å². The molecule has 2 amide bonds. The maximum absolute atomic E-state index is 12.2. The molecule has 0 saturated carbocycles. The summed E-state index contributed by atoms with van der Waals surface area (Å²) >= 11 is 8.58. The number of anilines is 1. The van der Waals surface area contributed by atoms with E-state index in [0.29, 0.717) is 20.9 Å². The van der Waals surface area contributed by atoms with E-state index in [1.54, 1.807) is 35.9 Å². The van der Waals surface area contributed by atoms with Gasteiger partial charge in [0, 0.05) is 17.8 Å². The number of hydrogen-bond acceptors (Lipinski definition) is 6. The summed E-state index contributed by atoms with van der Waals surface area (Å²) < 4.78 is 1.76. The number of nitrogens with zero attached hydrogens (tertiary/aromatic N) is 3. The van der Waals surface area contributed by atoms with Crippen LogP contribution in [0, 0.1) is 6.92 Å². The third-order valence-corrected chi connectivity index (χ3v) is 6.00. The molecule has 0 aliphatic carbocycles. The number of nitrogens with one attached hydrogen (secondary N) is 2. The predicted molar refractivity (Wildman–Crippen MR) is 112 cm³/mol. The van der Waals surface area contributed by atoms with Crippen molar-refractivity contribution in [1.29, 1.82) is 0 Å². The minimum atomic E-state index is -0.148. The molecule has 28 heavy (non-hydrogen) atoms. The van der Waals surface area contributed by atoms with Gasteiger partial charge in [0.2, 0.25) is 5.91 Å². The SMILES string of the molecule is Cc1cc(Cl)ccc1NC(=O)CSc1nnc(CNC(=O)c2cccs2)n1C. The molecular formula is C18H18ClN5O2S2. The molecule has 0 fully saturated rings. The van der Waals surface area contributed by atoms with E-state index in [-0.39, 0.29) is 24.1 Å². The molecule has 0 spiro atoms. The molecule has 2 aromatic heterocycles. The summed E-state index contributed by atoms with van der Waals surface area (Å²) in [6.45, 7) is 2.14. The van der Waals surface area contributed by atoms with Crippen LogP contribution in [0.3, 0.4) is 0 Å². The maximum atomic E-state index is 12.2. The lowest BCUT2D eigenvalue weighted by Gasteiger charge is -2.08. The van der Waals surface area contributed by atoms with Crippen LogP contribution >= 0.6 is 34.7 Å². The zero-order valence-corrected chi connectivity index (χ0v) is 17.6. The normalized spacial score (nSPS) is 10.7. The minimum absolute atomic E-state index is 0.147. The van der Waals surface area contributed by atoms with Crippen molar-refractivity contribution in [3.63, 3.8) is 0 Å². The third kappa shape index (κ3) is 5.12. The van der Waals surface area contributed by atoms with Gasteiger partial charge in [0.1, 0.15) is 0 Å². The molecule has 7 nitrogen and oxygen atoms in total. The first-order chi connectivity index (χ1) is 13.4. The zero-order chi connectivity index (χ0) is 20.1. The number of benzene rings is 1. The number of aryl methyl sites for hydroxylation is 1. The van der Waals surface area contributed by atoms with Crippen molar-refractivity contribution in [2.45, 2.75) is 18.6 Å². The molecule has 10 heteroatoms. The van der Waals surface area contributed by atoms with Gasteiger partial charge in [0.05, 0.1) is 17.2 Å². The van der Waals surface area contributed by atoms with Crippen molar-refractivity contribution in [2.24, 2.45) is 7.05 Å². The lowest BCUT2D eigenvalue weighted by Crippen LogP contribution is -2.23. The Morgan fingerprint density at radius 1 is 1.29 bits per heavy atom. The Bertz CT molecular complexity index is 988. The van der Waals surface area contributed by atoms with Crippen LogP contribution in [-0.4, -0.2) is 32.3 Å². The number of carbonyl (C=O) groups is 2. The zero-order valence-electron chi connectivity index (χ0n) is 15.2. The average molecular weight is 436 g/mol. The number of hydrogen-bond donors (Lipinski definition) is 2. The molecular weight excluding hydrogens is 418 g/mol. The lowest BCUT2D eigenvalue weighted by atomic mass is 10.2. The van der Waals surface area contributed by atoms with Gasteiger partial charge in [-0.3, -0.25) is 9.59 Å². The van der Waals surface area contributed by atoms with Gasteiger partial charge in [-0.1, -0.05) is 29.4 Å². The minimum Gasteiger partial charge on any atom is -0.344 e. The molecule has 0 radical (unpaired) electrons. The Morgan fingerprint density at radius 3 is 2.82 bits per heavy atom. The summed E-state index contributed by atoms with van der Waals surface area (Å²) in [5.74, 6) is 0.507. The molecule has 1 aromatic carbocycles. The van der Waals surface area contributed by atoms with Crippen LogP contribution in [-0.2, 0) is 18.4 Å². The number of carbonyl (C=O) groups excluding carboxylic acids is 2. The van der Waals surface area contributed by atoms with Gasteiger partial charge >= 0.3 is 0 Å². The summed E-state index contributed by atoms with van der Waals surface area (Å²) in [6.07, 6.45) is 0. The Labute approximate surface area is 175 Å².